The average molecular weight is 344 g/mol. The van der Waals surface area contributed by atoms with Gasteiger partial charge in [-0.1, -0.05) is 60.4 Å². The van der Waals surface area contributed by atoms with Gasteiger partial charge in [-0.15, -0.1) is 0 Å². The number of carbonyl (C=O) groups excluding carboxylic acids is 1. The maximum Gasteiger partial charge on any atom is 0.266 e. The summed E-state index contributed by atoms with van der Waals surface area (Å²) in [5.74, 6) is -0.153. The van der Waals surface area contributed by atoms with Gasteiger partial charge in [0.05, 0.1) is 22.8 Å². The first kappa shape index (κ1) is 15.6. The molecule has 1 saturated heterocycles. The quantitative estimate of drug-likeness (QED) is 0.362. The lowest BCUT2D eigenvalue weighted by Crippen LogP contribution is -2.27. The van der Waals surface area contributed by atoms with Crippen molar-refractivity contribution < 1.29 is 9.72 Å². The van der Waals surface area contributed by atoms with Crippen LogP contribution >= 0.6 is 24.0 Å². The van der Waals surface area contributed by atoms with E-state index in [-0.39, 0.29) is 18.0 Å². The van der Waals surface area contributed by atoms with E-state index in [1.54, 1.807) is 17.1 Å². The third kappa shape index (κ3) is 3.40. The monoisotopic (exact) mass is 344 g/mol. The van der Waals surface area contributed by atoms with Crippen LogP contribution in [0, 0.1) is 10.1 Å². The second-order valence-electron chi connectivity index (χ2n) is 5.09. The predicted octanol–water partition coefficient (Wildman–Crippen LogP) is 3.42. The number of thioether (sulfide) groups is 1. The largest absolute Gasteiger partial charge is 0.288 e. The molecule has 0 aromatic heterocycles. The molecular weight excluding hydrogens is 332 g/mol. The van der Waals surface area contributed by atoms with Crippen molar-refractivity contribution in [3.8, 4) is 0 Å². The van der Waals surface area contributed by atoms with Gasteiger partial charge >= 0.3 is 0 Å². The highest BCUT2D eigenvalue weighted by Crippen LogP contribution is 2.34. The highest BCUT2D eigenvalue weighted by atomic mass is 32.2. The van der Waals surface area contributed by atoms with Crippen molar-refractivity contribution in [1.29, 1.82) is 0 Å². The number of rotatable bonds is 4. The molecule has 0 atom stereocenters. The molecule has 0 radical (unpaired) electrons. The van der Waals surface area contributed by atoms with Gasteiger partial charge in [-0.25, -0.2) is 0 Å². The Morgan fingerprint density at radius 1 is 1.30 bits per heavy atom. The van der Waals surface area contributed by atoms with E-state index >= 15 is 0 Å². The number of hydrogen-bond donors (Lipinski definition) is 0. The number of nitro groups is 1. The zero-order chi connectivity index (χ0) is 16.4. The Labute approximate surface area is 142 Å². The lowest BCUT2D eigenvalue weighted by molar-refractivity contribution is -0.426. The molecule has 1 aromatic carbocycles. The minimum absolute atomic E-state index is 0.135. The molecule has 5 nitrogen and oxygen atoms in total. The van der Waals surface area contributed by atoms with Crippen LogP contribution in [0.5, 0.6) is 0 Å². The van der Waals surface area contributed by atoms with E-state index in [1.165, 1.54) is 17.8 Å². The Morgan fingerprint density at radius 2 is 2.04 bits per heavy atom. The summed E-state index contributed by atoms with van der Waals surface area (Å²) in [5.41, 5.74) is 1.88. The molecule has 0 N–H and O–H groups in total. The van der Waals surface area contributed by atoms with Gasteiger partial charge in [0.1, 0.15) is 4.32 Å². The molecule has 1 heterocycles. The fourth-order valence-corrected chi connectivity index (χ4v) is 3.60. The van der Waals surface area contributed by atoms with Crippen molar-refractivity contribution in [1.82, 2.24) is 4.90 Å². The van der Waals surface area contributed by atoms with Crippen molar-refractivity contribution in [3.05, 3.63) is 80.4 Å². The first-order chi connectivity index (χ1) is 11.0. The maximum atomic E-state index is 12.5. The molecule has 23 heavy (non-hydrogen) atoms. The molecule has 1 aliphatic heterocycles. The fraction of sp³-hybridized carbons (Fsp3) is 0.125. The molecule has 0 spiro atoms. The normalized spacial score (nSPS) is 19.3. The molecule has 1 amide bonds. The highest BCUT2D eigenvalue weighted by molar-refractivity contribution is 8.26. The van der Waals surface area contributed by atoms with E-state index in [2.05, 4.69) is 0 Å². The third-order valence-electron chi connectivity index (χ3n) is 3.48. The number of benzene rings is 1. The van der Waals surface area contributed by atoms with Crippen LogP contribution in [0.4, 0.5) is 0 Å². The van der Waals surface area contributed by atoms with Crippen molar-refractivity contribution in [3.63, 3.8) is 0 Å². The van der Waals surface area contributed by atoms with Gasteiger partial charge in [0.15, 0.2) is 0 Å². The first-order valence-electron chi connectivity index (χ1n) is 6.88. The second-order valence-corrected chi connectivity index (χ2v) is 6.76. The van der Waals surface area contributed by atoms with E-state index < -0.39 is 4.92 Å². The molecule has 1 fully saturated rings. The Kier molecular flexibility index (Phi) is 4.40. The molecule has 2 aliphatic rings. The summed E-state index contributed by atoms with van der Waals surface area (Å²) in [6.07, 6.45) is 5.06. The molecule has 3 rings (SSSR count). The van der Waals surface area contributed by atoms with Crippen LogP contribution in [0.1, 0.15) is 12.0 Å². The highest BCUT2D eigenvalue weighted by Gasteiger charge is 2.32. The molecule has 116 valence electrons. The zero-order valence-electron chi connectivity index (χ0n) is 12.0. The minimum Gasteiger partial charge on any atom is -0.288 e. The number of carbonyl (C=O) groups is 1. The topological polar surface area (TPSA) is 63.4 Å². The van der Waals surface area contributed by atoms with Crippen LogP contribution in [0.2, 0.25) is 0 Å². The predicted molar refractivity (Wildman–Crippen MR) is 93.0 cm³/mol. The van der Waals surface area contributed by atoms with Gasteiger partial charge in [0, 0.05) is 6.08 Å². The van der Waals surface area contributed by atoms with Crippen molar-refractivity contribution in [2.75, 3.05) is 0 Å². The van der Waals surface area contributed by atoms with Crippen LogP contribution in [-0.4, -0.2) is 20.1 Å². The molecule has 0 unspecified atom stereocenters. The summed E-state index contributed by atoms with van der Waals surface area (Å²) in [7, 11) is 0. The SMILES string of the molecule is O=C1/C(=C/C2=CC=C([N+](=O)[O-])C2)SC(=S)N1Cc1ccccc1. The summed E-state index contributed by atoms with van der Waals surface area (Å²) in [6, 6.07) is 9.62. The van der Waals surface area contributed by atoms with E-state index in [4.69, 9.17) is 12.2 Å². The van der Waals surface area contributed by atoms with Crippen molar-refractivity contribution in [2.24, 2.45) is 0 Å². The Morgan fingerprint density at radius 3 is 2.70 bits per heavy atom. The van der Waals surface area contributed by atoms with Crippen LogP contribution < -0.4 is 0 Å². The summed E-state index contributed by atoms with van der Waals surface area (Å²) < 4.78 is 0.506. The van der Waals surface area contributed by atoms with Crippen LogP contribution in [0.15, 0.2) is 64.7 Å². The third-order valence-corrected chi connectivity index (χ3v) is 4.86. The van der Waals surface area contributed by atoms with E-state index in [9.17, 15) is 14.9 Å². The van der Waals surface area contributed by atoms with Crippen LogP contribution in [-0.2, 0) is 11.3 Å². The maximum absolute atomic E-state index is 12.5. The number of allylic oxidation sites excluding steroid dienone is 4. The van der Waals surface area contributed by atoms with Gasteiger partial charge in [-0.3, -0.25) is 19.8 Å². The van der Waals surface area contributed by atoms with Gasteiger partial charge in [-0.05, 0) is 17.2 Å². The van der Waals surface area contributed by atoms with Gasteiger partial charge < -0.3 is 0 Å². The number of nitrogens with zero attached hydrogens (tertiary/aromatic N) is 2. The average Bonchev–Trinajstić information content (AvgIpc) is 3.10. The van der Waals surface area contributed by atoms with Crippen molar-refractivity contribution >= 4 is 34.2 Å². The smallest absolute Gasteiger partial charge is 0.266 e. The van der Waals surface area contributed by atoms with Crippen LogP contribution in [0.25, 0.3) is 0 Å². The summed E-state index contributed by atoms with van der Waals surface area (Å²) in [6.45, 7) is 0.431. The second kappa shape index (κ2) is 6.47. The minimum atomic E-state index is -0.405. The van der Waals surface area contributed by atoms with E-state index in [1.807, 2.05) is 30.3 Å². The lowest BCUT2D eigenvalue weighted by Gasteiger charge is -2.14. The van der Waals surface area contributed by atoms with E-state index in [0.29, 0.717) is 15.8 Å². The molecule has 1 aromatic rings. The number of thiocarbonyl (C=S) groups is 1. The van der Waals surface area contributed by atoms with E-state index in [0.717, 1.165) is 11.1 Å². The number of hydrogen-bond acceptors (Lipinski definition) is 5. The Bertz CT molecular complexity index is 782. The zero-order valence-corrected chi connectivity index (χ0v) is 13.6. The van der Waals surface area contributed by atoms with Gasteiger partial charge in [0.25, 0.3) is 11.6 Å². The van der Waals surface area contributed by atoms with Gasteiger partial charge in [0.2, 0.25) is 0 Å². The summed E-state index contributed by atoms with van der Waals surface area (Å²) in [5, 5.41) is 10.7. The molecule has 1 aliphatic carbocycles. The standard InChI is InChI=1S/C16H12N2O3S2/c19-15-14(9-12-6-7-13(8-12)18(20)21)23-16(22)17(15)10-11-4-2-1-3-5-11/h1-7,9H,8,10H2/b14-9-. The molecule has 7 heteroatoms. The van der Waals surface area contributed by atoms with Gasteiger partial charge in [-0.2, -0.15) is 0 Å². The Hall–Kier alpha value is -2.25. The molecular formula is C16H12N2O3S2. The summed E-state index contributed by atoms with van der Waals surface area (Å²) in [4.78, 5) is 24.9. The molecule has 0 bridgehead atoms. The Balaban J connectivity index is 1.72. The van der Waals surface area contributed by atoms with Crippen molar-refractivity contribution in [2.45, 2.75) is 13.0 Å². The molecule has 0 saturated carbocycles. The lowest BCUT2D eigenvalue weighted by atomic mass is 10.2. The first-order valence-corrected chi connectivity index (χ1v) is 8.10. The summed E-state index contributed by atoms with van der Waals surface area (Å²) >= 11 is 6.52. The van der Waals surface area contributed by atoms with Crippen LogP contribution in [0.3, 0.4) is 0 Å². The number of amides is 1. The fourth-order valence-electron chi connectivity index (χ4n) is 2.33.